The van der Waals surface area contributed by atoms with Crippen LogP contribution in [0.1, 0.15) is 6.92 Å². The van der Waals surface area contributed by atoms with Crippen LogP contribution in [-0.2, 0) is 4.79 Å². The van der Waals surface area contributed by atoms with Crippen molar-refractivity contribution in [3.05, 3.63) is 72.1 Å². The number of hydrogen-bond acceptors (Lipinski definition) is 6. The molecule has 2 aliphatic carbocycles. The highest BCUT2D eigenvalue weighted by molar-refractivity contribution is 6.33. The van der Waals surface area contributed by atoms with Crippen molar-refractivity contribution in [1.82, 2.24) is 0 Å². The van der Waals surface area contributed by atoms with E-state index in [0.29, 0.717) is 5.69 Å². The molecule has 130 valence electrons. The summed E-state index contributed by atoms with van der Waals surface area (Å²) in [6.07, 6.45) is -1.16. The van der Waals surface area contributed by atoms with Crippen LogP contribution in [0.3, 0.4) is 0 Å². The van der Waals surface area contributed by atoms with E-state index in [-0.39, 0.29) is 21.3 Å². The highest BCUT2D eigenvalue weighted by atomic mass is 35.5. The zero-order chi connectivity index (χ0) is 18.7. The molecule has 0 fully saturated rings. The third kappa shape index (κ3) is 4.08. The number of nitrogens with one attached hydrogen (secondary N) is 1. The summed E-state index contributed by atoms with van der Waals surface area (Å²) in [6, 6.07) is 8.97. The van der Waals surface area contributed by atoms with Gasteiger partial charge in [-0.05, 0) is 30.3 Å². The van der Waals surface area contributed by atoms with Gasteiger partial charge in [0, 0.05) is 17.8 Å². The molecule has 1 atom stereocenters. The van der Waals surface area contributed by atoms with Gasteiger partial charge in [-0.1, -0.05) is 17.7 Å². The number of benzene rings is 2. The number of aliphatic hydroxyl groups excluding tert-OH is 1. The molecule has 1 amide bonds. The molecule has 0 saturated carbocycles. The average Bonchev–Trinajstić information content (AvgIpc) is 2.50. The predicted octanol–water partition coefficient (Wildman–Crippen LogP) is 2.76. The summed E-state index contributed by atoms with van der Waals surface area (Å²) < 4.78 is 0. The fourth-order valence-corrected chi connectivity index (χ4v) is 2.15. The Balaban J connectivity index is 0.000000208. The number of anilines is 1. The van der Waals surface area contributed by atoms with Crippen LogP contribution in [-0.4, -0.2) is 27.0 Å². The van der Waals surface area contributed by atoms with Gasteiger partial charge >= 0.3 is 0 Å². The maximum Gasteiger partial charge on any atom is 0.288 e. The van der Waals surface area contributed by atoms with Crippen molar-refractivity contribution in [2.45, 2.75) is 13.0 Å². The summed E-state index contributed by atoms with van der Waals surface area (Å²) in [7, 11) is 0. The number of nitrogens with zero attached hydrogens (tertiary/aromatic N) is 2. The van der Waals surface area contributed by atoms with Crippen LogP contribution < -0.4 is 5.32 Å². The van der Waals surface area contributed by atoms with E-state index in [2.05, 4.69) is 5.32 Å². The molecule has 0 saturated heterocycles. The minimum Gasteiger partial charge on any atom is -0.384 e. The molecule has 2 N–H and O–H groups in total. The number of aliphatic hydroxyl groups is 1. The van der Waals surface area contributed by atoms with Crippen molar-refractivity contribution >= 4 is 34.6 Å². The number of hydrogen-bond donors (Lipinski definition) is 2. The summed E-state index contributed by atoms with van der Waals surface area (Å²) in [5.41, 5.74) is 0.311. The zero-order valence-electron chi connectivity index (χ0n) is 12.8. The number of non-ortho nitro benzene ring substituents is 1. The second kappa shape index (κ2) is 7.24. The largest absolute Gasteiger partial charge is 0.384 e. The van der Waals surface area contributed by atoms with E-state index in [0.717, 1.165) is 10.4 Å². The first kappa shape index (κ1) is 18.3. The van der Waals surface area contributed by atoms with Crippen molar-refractivity contribution < 1.29 is 19.7 Å². The minimum absolute atomic E-state index is 0.0756. The summed E-state index contributed by atoms with van der Waals surface area (Å²) in [5, 5.41) is 33.5. The molecule has 0 spiro atoms. The average molecular weight is 366 g/mol. The maximum absolute atomic E-state index is 11.1. The first-order valence-corrected chi connectivity index (χ1v) is 7.30. The molecule has 1 aromatic rings. The van der Waals surface area contributed by atoms with Crippen LogP contribution in [0.15, 0.2) is 36.4 Å². The van der Waals surface area contributed by atoms with E-state index in [1.54, 1.807) is 12.1 Å². The van der Waals surface area contributed by atoms with Crippen LogP contribution in [0.4, 0.5) is 17.1 Å². The van der Waals surface area contributed by atoms with E-state index in [4.69, 9.17) is 16.7 Å². The van der Waals surface area contributed by atoms with Gasteiger partial charge in [0.25, 0.3) is 17.3 Å². The Bertz CT molecular complexity index is 960. The summed E-state index contributed by atoms with van der Waals surface area (Å²) in [6.45, 7) is 1.31. The Morgan fingerprint density at radius 1 is 1.12 bits per heavy atom. The van der Waals surface area contributed by atoms with Gasteiger partial charge in [-0.2, -0.15) is 0 Å². The van der Waals surface area contributed by atoms with Gasteiger partial charge in [-0.25, -0.2) is 0 Å². The molecular formula is C15H12ClN3O6. The Hall–Kier alpha value is -3.04. The van der Waals surface area contributed by atoms with Gasteiger partial charge in [-0.3, -0.25) is 25.0 Å². The smallest absolute Gasteiger partial charge is 0.288 e. The van der Waals surface area contributed by atoms with Gasteiger partial charge in [0.15, 0.2) is 0 Å². The number of nitro groups is 2. The molecule has 25 heavy (non-hydrogen) atoms. The van der Waals surface area contributed by atoms with Gasteiger partial charge in [0.2, 0.25) is 0 Å². The van der Waals surface area contributed by atoms with E-state index < -0.39 is 16.9 Å². The maximum atomic E-state index is 11.1. The Morgan fingerprint density at radius 2 is 1.76 bits per heavy atom. The van der Waals surface area contributed by atoms with Crippen molar-refractivity contribution in [2.24, 2.45) is 0 Å². The Kier molecular flexibility index (Phi) is 5.30. The second-order valence-corrected chi connectivity index (χ2v) is 5.48. The van der Waals surface area contributed by atoms with E-state index in [1.807, 2.05) is 6.07 Å². The van der Waals surface area contributed by atoms with Crippen LogP contribution in [0, 0.1) is 30.7 Å². The van der Waals surface area contributed by atoms with E-state index in [1.165, 1.54) is 25.1 Å². The third-order valence-corrected chi connectivity index (χ3v) is 3.60. The first-order valence-electron chi connectivity index (χ1n) is 6.92. The van der Waals surface area contributed by atoms with E-state index in [9.17, 15) is 25.0 Å². The number of halogens is 1. The number of amides is 1. The third-order valence-electron chi connectivity index (χ3n) is 3.30. The lowest BCUT2D eigenvalue weighted by Gasteiger charge is -2.07. The molecule has 0 aromatic heterocycles. The Morgan fingerprint density at radius 3 is 2.08 bits per heavy atom. The lowest BCUT2D eigenvalue weighted by molar-refractivity contribution is -0.386. The van der Waals surface area contributed by atoms with Gasteiger partial charge in [-0.15, -0.1) is 0 Å². The normalized spacial score (nSPS) is 11.6. The fourth-order valence-electron chi connectivity index (χ4n) is 1.90. The molecule has 0 bridgehead atoms. The van der Waals surface area contributed by atoms with Crippen LogP contribution in [0.5, 0.6) is 0 Å². The fraction of sp³-hybridized carbons (Fsp3) is 0.133. The quantitative estimate of drug-likeness (QED) is 0.539. The molecule has 1 unspecified atom stereocenters. The van der Waals surface area contributed by atoms with Crippen molar-refractivity contribution in [2.75, 3.05) is 5.32 Å². The zero-order valence-corrected chi connectivity index (χ0v) is 13.6. The van der Waals surface area contributed by atoms with E-state index >= 15 is 0 Å². The van der Waals surface area contributed by atoms with Gasteiger partial charge in [0.05, 0.1) is 15.1 Å². The monoisotopic (exact) mass is 365 g/mol. The highest BCUT2D eigenvalue weighted by Crippen LogP contribution is 2.27. The lowest BCUT2D eigenvalue weighted by Crippen LogP contribution is -2.24. The van der Waals surface area contributed by atoms with Crippen LogP contribution >= 0.6 is 11.6 Å². The number of nitro benzene ring substituents is 2. The molecule has 0 aliphatic heterocycles. The molecule has 9 nitrogen and oxygen atoms in total. The molecule has 3 rings (SSSR count). The number of carbonyl (C=O) groups excluding carboxylic acids is 1. The second-order valence-electron chi connectivity index (χ2n) is 5.08. The SMILES string of the molecule is CC(O)C(=O)Nc1ccc([N+](=O)[O-])c(Cl)c1.O=[N+]([O-])c1cc2ccc1=2. The van der Waals surface area contributed by atoms with Crippen molar-refractivity contribution in [1.29, 1.82) is 0 Å². The summed E-state index contributed by atoms with van der Waals surface area (Å²) >= 11 is 5.63. The standard InChI is InChI=1S/C9H9ClN2O4.C6H3NO2/c1-5(13)9(14)11-6-2-3-8(12(15)16)7(10)4-6;8-7(9)6-3-4-1-2-5(4)6/h2-5,13H,1H3,(H,11,14);1-3H. The Labute approximate surface area is 145 Å². The molecule has 2 aliphatic rings. The summed E-state index contributed by atoms with van der Waals surface area (Å²) in [4.78, 5) is 30.6. The van der Waals surface area contributed by atoms with Gasteiger partial charge in [0.1, 0.15) is 11.1 Å². The topological polar surface area (TPSA) is 136 Å². The highest BCUT2D eigenvalue weighted by Gasteiger charge is 2.15. The number of rotatable bonds is 4. The van der Waals surface area contributed by atoms with Crippen molar-refractivity contribution in [3.8, 4) is 0 Å². The predicted molar refractivity (Wildman–Crippen MR) is 89.2 cm³/mol. The lowest BCUT2D eigenvalue weighted by atomic mass is 10.1. The molecule has 1 aromatic carbocycles. The molecule has 0 radical (unpaired) electrons. The van der Waals surface area contributed by atoms with Crippen molar-refractivity contribution in [3.63, 3.8) is 0 Å². The minimum atomic E-state index is -1.16. The molecular weight excluding hydrogens is 354 g/mol. The first-order chi connectivity index (χ1) is 11.7. The number of carbonyl (C=O) groups is 1. The molecule has 0 heterocycles. The molecule has 10 heteroatoms. The summed E-state index contributed by atoms with van der Waals surface area (Å²) in [5.74, 6) is -0.607. The van der Waals surface area contributed by atoms with Crippen LogP contribution in [0.25, 0.3) is 0 Å². The van der Waals surface area contributed by atoms with Gasteiger partial charge < -0.3 is 10.4 Å². The van der Waals surface area contributed by atoms with Crippen LogP contribution in [0.2, 0.25) is 5.02 Å².